The van der Waals surface area contributed by atoms with Crippen LogP contribution in [0.15, 0.2) is 29.6 Å². The van der Waals surface area contributed by atoms with Crippen LogP contribution in [-0.4, -0.2) is 13.0 Å². The maximum Gasteiger partial charge on any atom is 0.269 e. The van der Waals surface area contributed by atoms with Gasteiger partial charge in [0.05, 0.1) is 7.11 Å². The monoisotopic (exact) mass is 262 g/mol. The Bertz CT molecular complexity index is 578. The molecule has 0 aliphatic heterocycles. The van der Waals surface area contributed by atoms with Crippen molar-refractivity contribution in [3.8, 4) is 5.75 Å². The molecule has 1 heterocycles. The predicted molar refractivity (Wildman–Crippen MR) is 74.4 cm³/mol. The van der Waals surface area contributed by atoms with Crippen LogP contribution in [0.25, 0.3) is 0 Å². The van der Waals surface area contributed by atoms with Crippen LogP contribution < -0.4 is 15.8 Å². The highest BCUT2D eigenvalue weighted by molar-refractivity contribution is 7.12. The Morgan fingerprint density at radius 1 is 1.39 bits per heavy atom. The Morgan fingerprint density at radius 2 is 2.17 bits per heavy atom. The molecule has 1 aromatic heterocycles. The second-order valence-corrected chi connectivity index (χ2v) is 4.76. The van der Waals surface area contributed by atoms with Crippen molar-refractivity contribution in [1.29, 1.82) is 0 Å². The van der Waals surface area contributed by atoms with E-state index in [-0.39, 0.29) is 5.91 Å². The Morgan fingerprint density at radius 3 is 2.89 bits per heavy atom. The molecule has 0 saturated heterocycles. The maximum absolute atomic E-state index is 12.1. The molecule has 0 radical (unpaired) electrons. The van der Waals surface area contributed by atoms with Gasteiger partial charge >= 0.3 is 0 Å². The van der Waals surface area contributed by atoms with Crippen molar-refractivity contribution >= 4 is 28.6 Å². The van der Waals surface area contributed by atoms with Gasteiger partial charge in [0, 0.05) is 11.4 Å². The van der Waals surface area contributed by atoms with Crippen molar-refractivity contribution in [1.82, 2.24) is 0 Å². The van der Waals surface area contributed by atoms with Gasteiger partial charge in [-0.25, -0.2) is 0 Å². The predicted octanol–water partition coefficient (Wildman–Crippen LogP) is 2.90. The van der Waals surface area contributed by atoms with E-state index in [1.54, 1.807) is 25.3 Å². The summed E-state index contributed by atoms with van der Waals surface area (Å²) in [5.74, 6) is 0.398. The van der Waals surface area contributed by atoms with E-state index in [9.17, 15) is 4.79 Å². The quantitative estimate of drug-likeness (QED) is 0.836. The summed E-state index contributed by atoms with van der Waals surface area (Å²) < 4.78 is 5.12. The lowest BCUT2D eigenvalue weighted by Crippen LogP contribution is -2.12. The minimum absolute atomic E-state index is 0.185. The van der Waals surface area contributed by atoms with Crippen molar-refractivity contribution in [2.45, 2.75) is 6.92 Å². The fraction of sp³-hybridized carbons (Fsp3) is 0.154. The Kier molecular flexibility index (Phi) is 3.53. The van der Waals surface area contributed by atoms with Gasteiger partial charge < -0.3 is 15.8 Å². The second kappa shape index (κ2) is 5.10. The molecule has 0 saturated carbocycles. The van der Waals surface area contributed by atoms with Gasteiger partial charge in [0.25, 0.3) is 5.91 Å². The van der Waals surface area contributed by atoms with Gasteiger partial charge in [0.2, 0.25) is 0 Å². The largest absolute Gasteiger partial charge is 0.495 e. The topological polar surface area (TPSA) is 64.3 Å². The first kappa shape index (κ1) is 12.4. The molecule has 2 rings (SSSR count). The van der Waals surface area contributed by atoms with Gasteiger partial charge in [-0.3, -0.25) is 4.79 Å². The van der Waals surface area contributed by atoms with Crippen LogP contribution in [0.3, 0.4) is 0 Å². The molecule has 0 aliphatic carbocycles. The van der Waals surface area contributed by atoms with E-state index in [0.29, 0.717) is 16.3 Å². The van der Waals surface area contributed by atoms with Gasteiger partial charge in [-0.05, 0) is 36.1 Å². The molecular formula is C13H14N2O2S. The number of aryl methyl sites for hydroxylation is 1. The van der Waals surface area contributed by atoms with Crippen molar-refractivity contribution in [2.24, 2.45) is 0 Å². The second-order valence-electron chi connectivity index (χ2n) is 3.85. The van der Waals surface area contributed by atoms with Crippen molar-refractivity contribution in [2.75, 3.05) is 18.2 Å². The molecule has 0 fully saturated rings. The molecule has 5 heteroatoms. The van der Waals surface area contributed by atoms with E-state index in [0.717, 1.165) is 11.3 Å². The number of rotatable bonds is 3. The number of hydrogen-bond donors (Lipinski definition) is 2. The number of anilines is 2. The first-order chi connectivity index (χ1) is 8.61. The SMILES string of the molecule is COc1ccsc1C(=O)Nc1cc(N)ccc1C. The molecule has 1 aromatic carbocycles. The van der Waals surface area contributed by atoms with E-state index >= 15 is 0 Å². The Labute approximate surface area is 109 Å². The number of nitrogen functional groups attached to an aromatic ring is 1. The lowest BCUT2D eigenvalue weighted by molar-refractivity contribution is 0.102. The van der Waals surface area contributed by atoms with E-state index in [1.807, 2.05) is 18.4 Å². The van der Waals surface area contributed by atoms with Crippen LogP contribution in [0.5, 0.6) is 5.75 Å². The number of hydrogen-bond acceptors (Lipinski definition) is 4. The number of methoxy groups -OCH3 is 1. The number of ether oxygens (including phenoxy) is 1. The molecule has 18 heavy (non-hydrogen) atoms. The van der Waals surface area contributed by atoms with Crippen LogP contribution >= 0.6 is 11.3 Å². The first-order valence-electron chi connectivity index (χ1n) is 5.41. The fourth-order valence-corrected chi connectivity index (χ4v) is 2.33. The molecule has 2 aromatic rings. The van der Waals surface area contributed by atoms with Crippen molar-refractivity contribution < 1.29 is 9.53 Å². The number of benzene rings is 1. The summed E-state index contributed by atoms with van der Waals surface area (Å²) >= 11 is 1.34. The van der Waals surface area contributed by atoms with Crippen LogP contribution in [0.4, 0.5) is 11.4 Å². The summed E-state index contributed by atoms with van der Waals surface area (Å²) in [6.07, 6.45) is 0. The lowest BCUT2D eigenvalue weighted by Gasteiger charge is -2.09. The Balaban J connectivity index is 2.24. The third kappa shape index (κ3) is 2.46. The zero-order valence-electron chi connectivity index (χ0n) is 10.2. The highest BCUT2D eigenvalue weighted by Crippen LogP contribution is 2.26. The van der Waals surface area contributed by atoms with E-state index in [2.05, 4.69) is 5.32 Å². The number of amides is 1. The third-order valence-electron chi connectivity index (χ3n) is 2.57. The molecule has 1 amide bonds. The van der Waals surface area contributed by atoms with Crippen molar-refractivity contribution in [3.63, 3.8) is 0 Å². The normalized spacial score (nSPS) is 10.1. The highest BCUT2D eigenvalue weighted by atomic mass is 32.1. The summed E-state index contributed by atoms with van der Waals surface area (Å²) in [5.41, 5.74) is 8.01. The molecule has 0 spiro atoms. The zero-order chi connectivity index (χ0) is 13.1. The third-order valence-corrected chi connectivity index (χ3v) is 3.46. The first-order valence-corrected chi connectivity index (χ1v) is 6.28. The standard InChI is InChI=1S/C13H14N2O2S/c1-8-3-4-9(14)7-10(8)15-13(16)12-11(17-2)5-6-18-12/h3-7H,14H2,1-2H3,(H,15,16). The smallest absolute Gasteiger partial charge is 0.269 e. The number of nitrogens with one attached hydrogen (secondary N) is 1. The van der Waals surface area contributed by atoms with Gasteiger partial charge in [-0.15, -0.1) is 11.3 Å². The molecule has 0 atom stereocenters. The number of carbonyl (C=O) groups excluding carboxylic acids is 1. The average molecular weight is 262 g/mol. The van der Waals surface area contributed by atoms with E-state index in [1.165, 1.54) is 11.3 Å². The molecule has 0 unspecified atom stereocenters. The van der Waals surface area contributed by atoms with Crippen molar-refractivity contribution in [3.05, 3.63) is 40.1 Å². The van der Waals surface area contributed by atoms with Crippen LogP contribution in [-0.2, 0) is 0 Å². The minimum Gasteiger partial charge on any atom is -0.495 e. The highest BCUT2D eigenvalue weighted by Gasteiger charge is 2.14. The minimum atomic E-state index is -0.185. The van der Waals surface area contributed by atoms with Crippen LogP contribution in [0, 0.1) is 6.92 Å². The van der Waals surface area contributed by atoms with Gasteiger partial charge in [0.1, 0.15) is 10.6 Å². The van der Waals surface area contributed by atoms with Gasteiger partial charge in [-0.1, -0.05) is 6.07 Å². The summed E-state index contributed by atoms with van der Waals surface area (Å²) in [5, 5.41) is 4.66. The Hall–Kier alpha value is -2.01. The number of carbonyl (C=O) groups is 1. The fourth-order valence-electron chi connectivity index (χ4n) is 1.58. The molecule has 0 bridgehead atoms. The number of thiophene rings is 1. The maximum atomic E-state index is 12.1. The summed E-state index contributed by atoms with van der Waals surface area (Å²) in [7, 11) is 1.55. The van der Waals surface area contributed by atoms with Gasteiger partial charge in [0.15, 0.2) is 0 Å². The van der Waals surface area contributed by atoms with E-state index in [4.69, 9.17) is 10.5 Å². The summed E-state index contributed by atoms with van der Waals surface area (Å²) in [6, 6.07) is 7.19. The molecule has 3 N–H and O–H groups in total. The van der Waals surface area contributed by atoms with E-state index < -0.39 is 0 Å². The molecule has 0 aliphatic rings. The zero-order valence-corrected chi connectivity index (χ0v) is 11.0. The summed E-state index contributed by atoms with van der Waals surface area (Å²) in [4.78, 5) is 12.7. The van der Waals surface area contributed by atoms with Crippen LogP contribution in [0.1, 0.15) is 15.2 Å². The average Bonchev–Trinajstić information content (AvgIpc) is 2.82. The molecule has 94 valence electrons. The number of nitrogens with two attached hydrogens (primary N) is 1. The van der Waals surface area contributed by atoms with Gasteiger partial charge in [-0.2, -0.15) is 0 Å². The lowest BCUT2D eigenvalue weighted by atomic mass is 10.2. The molecule has 4 nitrogen and oxygen atoms in total. The summed E-state index contributed by atoms with van der Waals surface area (Å²) in [6.45, 7) is 1.92. The molecular weight excluding hydrogens is 248 g/mol. The van der Waals surface area contributed by atoms with Crippen LogP contribution in [0.2, 0.25) is 0 Å².